The summed E-state index contributed by atoms with van der Waals surface area (Å²) in [7, 11) is 0. The molecule has 0 fully saturated rings. The minimum Gasteiger partial charge on any atom is -0.467 e. The standard InChI is InChI=1S/C21H18F3NO2S/c1-28-19-9-7-15(8-10-19)13-25(14-18-6-3-11-27-18)20(26)16-4-2-5-17(12-16)21(22,23)24/h2-12H,13-14H2,1H3. The lowest BCUT2D eigenvalue weighted by Gasteiger charge is -2.22. The highest BCUT2D eigenvalue weighted by atomic mass is 32.2. The number of hydrogen-bond acceptors (Lipinski definition) is 3. The van der Waals surface area contributed by atoms with Gasteiger partial charge in [0.2, 0.25) is 0 Å². The number of halogens is 3. The molecule has 0 radical (unpaired) electrons. The molecule has 0 aliphatic rings. The number of thioether (sulfide) groups is 1. The van der Waals surface area contributed by atoms with Crippen LogP contribution >= 0.6 is 11.8 Å². The van der Waals surface area contributed by atoms with Crippen LogP contribution in [0, 0.1) is 0 Å². The van der Waals surface area contributed by atoms with E-state index in [2.05, 4.69) is 0 Å². The number of amides is 1. The molecule has 0 bridgehead atoms. The summed E-state index contributed by atoms with van der Waals surface area (Å²) in [6.07, 6.45) is -1.04. The van der Waals surface area contributed by atoms with Gasteiger partial charge in [0.15, 0.2) is 0 Å². The van der Waals surface area contributed by atoms with Crippen molar-refractivity contribution >= 4 is 17.7 Å². The van der Waals surface area contributed by atoms with Crippen LogP contribution in [0.2, 0.25) is 0 Å². The molecule has 0 aliphatic carbocycles. The van der Waals surface area contributed by atoms with Crippen molar-refractivity contribution < 1.29 is 22.4 Å². The van der Waals surface area contributed by atoms with E-state index in [1.807, 2.05) is 30.5 Å². The Labute approximate surface area is 165 Å². The van der Waals surface area contributed by atoms with E-state index in [1.54, 1.807) is 23.9 Å². The first-order chi connectivity index (χ1) is 13.4. The normalized spacial score (nSPS) is 11.4. The maximum Gasteiger partial charge on any atom is 0.416 e. The largest absolute Gasteiger partial charge is 0.467 e. The van der Waals surface area contributed by atoms with Crippen LogP contribution in [-0.4, -0.2) is 17.1 Å². The number of carbonyl (C=O) groups is 1. The molecular weight excluding hydrogens is 387 g/mol. The highest BCUT2D eigenvalue weighted by Gasteiger charge is 2.31. The van der Waals surface area contributed by atoms with Gasteiger partial charge in [0.1, 0.15) is 5.76 Å². The van der Waals surface area contributed by atoms with Gasteiger partial charge in [0, 0.05) is 17.0 Å². The third-order valence-corrected chi connectivity index (χ3v) is 4.93. The van der Waals surface area contributed by atoms with E-state index < -0.39 is 17.6 Å². The molecule has 0 saturated carbocycles. The lowest BCUT2D eigenvalue weighted by Crippen LogP contribution is -2.30. The molecule has 7 heteroatoms. The fourth-order valence-corrected chi connectivity index (χ4v) is 3.16. The van der Waals surface area contributed by atoms with Crippen LogP contribution < -0.4 is 0 Å². The van der Waals surface area contributed by atoms with Crippen LogP contribution in [0.25, 0.3) is 0 Å². The zero-order valence-electron chi connectivity index (χ0n) is 15.1. The van der Waals surface area contributed by atoms with Crippen LogP contribution in [0.1, 0.15) is 27.2 Å². The van der Waals surface area contributed by atoms with E-state index in [4.69, 9.17) is 4.42 Å². The fraction of sp³-hybridized carbons (Fsp3) is 0.190. The minimum atomic E-state index is -4.50. The van der Waals surface area contributed by atoms with Crippen LogP contribution in [-0.2, 0) is 19.3 Å². The lowest BCUT2D eigenvalue weighted by atomic mass is 10.1. The first-order valence-electron chi connectivity index (χ1n) is 8.48. The zero-order valence-corrected chi connectivity index (χ0v) is 15.9. The highest BCUT2D eigenvalue weighted by Crippen LogP contribution is 2.30. The average molecular weight is 405 g/mol. The smallest absolute Gasteiger partial charge is 0.416 e. The van der Waals surface area contributed by atoms with E-state index >= 15 is 0 Å². The van der Waals surface area contributed by atoms with Crippen molar-refractivity contribution in [2.75, 3.05) is 6.26 Å². The summed E-state index contributed by atoms with van der Waals surface area (Å²) in [5, 5.41) is 0. The summed E-state index contributed by atoms with van der Waals surface area (Å²) in [5.74, 6) is 0.0671. The van der Waals surface area contributed by atoms with Crippen LogP contribution in [0.15, 0.2) is 76.2 Å². The Morgan fingerprint density at radius 3 is 2.39 bits per heavy atom. The molecule has 0 unspecified atom stereocenters. The highest BCUT2D eigenvalue weighted by molar-refractivity contribution is 7.98. The molecule has 1 aromatic heterocycles. The van der Waals surface area contributed by atoms with Gasteiger partial charge in [-0.25, -0.2) is 0 Å². The van der Waals surface area contributed by atoms with Crippen molar-refractivity contribution in [2.24, 2.45) is 0 Å². The maximum atomic E-state index is 13.0. The van der Waals surface area contributed by atoms with Gasteiger partial charge >= 0.3 is 6.18 Å². The van der Waals surface area contributed by atoms with Gasteiger partial charge in [-0.1, -0.05) is 18.2 Å². The molecule has 0 N–H and O–H groups in total. The van der Waals surface area contributed by atoms with Crippen molar-refractivity contribution in [2.45, 2.75) is 24.2 Å². The molecule has 2 aromatic carbocycles. The minimum absolute atomic E-state index is 0.0119. The SMILES string of the molecule is CSc1ccc(CN(Cc2ccco2)C(=O)c2cccc(C(F)(F)F)c2)cc1. The summed E-state index contributed by atoms with van der Waals surface area (Å²) < 4.78 is 44.4. The van der Waals surface area contributed by atoms with Crippen LogP contribution in [0.4, 0.5) is 13.2 Å². The predicted molar refractivity (Wildman–Crippen MR) is 102 cm³/mol. The van der Waals surface area contributed by atoms with E-state index in [0.717, 1.165) is 22.6 Å². The molecule has 3 rings (SSSR count). The zero-order chi connectivity index (χ0) is 20.1. The number of hydrogen-bond donors (Lipinski definition) is 0. The molecule has 1 heterocycles. The number of nitrogens with zero attached hydrogens (tertiary/aromatic N) is 1. The second kappa shape index (κ2) is 8.56. The van der Waals surface area contributed by atoms with Gasteiger partial charge < -0.3 is 9.32 Å². The van der Waals surface area contributed by atoms with Gasteiger partial charge in [-0.05, 0) is 54.3 Å². The monoisotopic (exact) mass is 405 g/mol. The van der Waals surface area contributed by atoms with E-state index in [1.165, 1.54) is 23.3 Å². The van der Waals surface area contributed by atoms with E-state index in [9.17, 15) is 18.0 Å². The van der Waals surface area contributed by atoms with Crippen molar-refractivity contribution in [1.82, 2.24) is 4.90 Å². The summed E-state index contributed by atoms with van der Waals surface area (Å²) in [6.45, 7) is 0.413. The predicted octanol–water partition coefficient (Wildman–Crippen LogP) is 5.86. The second-order valence-corrected chi connectivity index (χ2v) is 7.05. The van der Waals surface area contributed by atoms with Crippen LogP contribution in [0.3, 0.4) is 0 Å². The topological polar surface area (TPSA) is 33.5 Å². The Kier molecular flexibility index (Phi) is 6.14. The molecule has 0 spiro atoms. The molecule has 3 nitrogen and oxygen atoms in total. The Morgan fingerprint density at radius 1 is 1.04 bits per heavy atom. The first-order valence-corrected chi connectivity index (χ1v) is 9.71. The second-order valence-electron chi connectivity index (χ2n) is 6.17. The maximum absolute atomic E-state index is 13.0. The quantitative estimate of drug-likeness (QED) is 0.482. The van der Waals surface area contributed by atoms with Gasteiger partial charge in [0.05, 0.1) is 18.4 Å². The van der Waals surface area contributed by atoms with Gasteiger partial charge in [0.25, 0.3) is 5.91 Å². The Bertz CT molecular complexity index is 922. The molecule has 146 valence electrons. The summed E-state index contributed by atoms with van der Waals surface area (Å²) in [5.41, 5.74) is 0.0208. The summed E-state index contributed by atoms with van der Waals surface area (Å²) >= 11 is 1.61. The average Bonchev–Trinajstić information content (AvgIpc) is 3.20. The van der Waals surface area contributed by atoms with Gasteiger partial charge in [-0.2, -0.15) is 13.2 Å². The lowest BCUT2D eigenvalue weighted by molar-refractivity contribution is -0.137. The third-order valence-electron chi connectivity index (χ3n) is 4.18. The van der Waals surface area contributed by atoms with Crippen molar-refractivity contribution in [3.05, 3.63) is 89.4 Å². The number of furan rings is 1. The molecule has 0 aliphatic heterocycles. The molecule has 0 saturated heterocycles. The van der Waals surface area contributed by atoms with Crippen molar-refractivity contribution in [3.8, 4) is 0 Å². The van der Waals surface area contributed by atoms with Crippen molar-refractivity contribution in [3.63, 3.8) is 0 Å². The summed E-state index contributed by atoms with van der Waals surface area (Å²) in [4.78, 5) is 15.6. The van der Waals surface area contributed by atoms with Crippen LogP contribution in [0.5, 0.6) is 0 Å². The molecule has 1 amide bonds. The number of benzene rings is 2. The van der Waals surface area contributed by atoms with Gasteiger partial charge in [-0.15, -0.1) is 11.8 Å². The summed E-state index contributed by atoms with van der Waals surface area (Å²) in [6, 6.07) is 15.6. The Hall–Kier alpha value is -2.67. The number of carbonyl (C=O) groups excluding carboxylic acids is 1. The Morgan fingerprint density at radius 2 is 1.79 bits per heavy atom. The molecule has 28 heavy (non-hydrogen) atoms. The van der Waals surface area contributed by atoms with E-state index in [-0.39, 0.29) is 18.7 Å². The number of alkyl halides is 3. The fourth-order valence-electron chi connectivity index (χ4n) is 2.75. The van der Waals surface area contributed by atoms with Gasteiger partial charge in [-0.3, -0.25) is 4.79 Å². The third kappa shape index (κ3) is 4.98. The van der Waals surface area contributed by atoms with E-state index in [0.29, 0.717) is 5.76 Å². The molecule has 0 atom stereocenters. The first kappa shape index (κ1) is 20.1. The van der Waals surface area contributed by atoms with Crippen molar-refractivity contribution in [1.29, 1.82) is 0 Å². The Balaban J connectivity index is 1.88. The molecular formula is C21H18F3NO2S. The molecule has 3 aromatic rings. The number of rotatable bonds is 6.